The minimum Gasteiger partial charge on any atom is -0.490 e. The largest absolute Gasteiger partial charge is 0.490 e. The van der Waals surface area contributed by atoms with Crippen LogP contribution in [0.2, 0.25) is 0 Å². The molecule has 1 aliphatic rings. The predicted octanol–water partition coefficient (Wildman–Crippen LogP) is 1.60. The van der Waals surface area contributed by atoms with Crippen molar-refractivity contribution in [2.24, 2.45) is 0 Å². The molecule has 0 saturated heterocycles. The number of para-hydroxylation sites is 1. The normalized spacial score (nSPS) is 14.4. The Morgan fingerprint density at radius 3 is 3.19 bits per heavy atom. The van der Waals surface area contributed by atoms with Gasteiger partial charge in [-0.1, -0.05) is 13.0 Å². The van der Waals surface area contributed by atoms with E-state index in [0.29, 0.717) is 36.8 Å². The lowest BCUT2D eigenvalue weighted by molar-refractivity contribution is 0.0957. The summed E-state index contributed by atoms with van der Waals surface area (Å²) >= 11 is 0. The van der Waals surface area contributed by atoms with Crippen LogP contribution in [0.4, 0.5) is 0 Å². The number of benzene rings is 1. The number of nitrogens with one attached hydrogen (secondary N) is 1. The van der Waals surface area contributed by atoms with Gasteiger partial charge in [-0.05, 0) is 18.6 Å². The zero-order valence-corrected chi connectivity index (χ0v) is 9.29. The van der Waals surface area contributed by atoms with Crippen LogP contribution in [0.3, 0.4) is 0 Å². The van der Waals surface area contributed by atoms with E-state index in [2.05, 4.69) is 5.32 Å². The molecule has 0 spiro atoms. The summed E-state index contributed by atoms with van der Waals surface area (Å²) in [7, 11) is 0. The maximum absolute atomic E-state index is 11.7. The minimum atomic E-state index is -0.102. The topological polar surface area (TPSA) is 47.6 Å². The van der Waals surface area contributed by atoms with Crippen LogP contribution in [-0.2, 0) is 0 Å². The molecule has 0 bridgehead atoms. The van der Waals surface area contributed by atoms with Gasteiger partial charge in [-0.15, -0.1) is 0 Å². The first-order valence-electron chi connectivity index (χ1n) is 5.49. The van der Waals surface area contributed by atoms with Gasteiger partial charge < -0.3 is 14.8 Å². The highest BCUT2D eigenvalue weighted by Crippen LogP contribution is 2.32. The highest BCUT2D eigenvalue weighted by Gasteiger charge is 2.19. The Balaban J connectivity index is 2.33. The van der Waals surface area contributed by atoms with Crippen LogP contribution in [-0.4, -0.2) is 25.7 Å². The van der Waals surface area contributed by atoms with Gasteiger partial charge in [0.2, 0.25) is 0 Å². The number of fused-ring (bicyclic) bond motifs is 1. The van der Waals surface area contributed by atoms with Crippen molar-refractivity contribution in [2.45, 2.75) is 13.3 Å². The number of carbonyl (C=O) groups excluding carboxylic acids is 1. The second-order valence-corrected chi connectivity index (χ2v) is 3.59. The summed E-state index contributed by atoms with van der Waals surface area (Å²) in [6.07, 6.45) is 0.926. The number of carbonyl (C=O) groups is 1. The van der Waals surface area contributed by atoms with E-state index in [1.165, 1.54) is 0 Å². The van der Waals surface area contributed by atoms with Crippen molar-refractivity contribution in [3.05, 3.63) is 23.8 Å². The molecule has 0 atom stereocenters. The maximum atomic E-state index is 11.7. The van der Waals surface area contributed by atoms with Gasteiger partial charge in [-0.2, -0.15) is 0 Å². The van der Waals surface area contributed by atoms with Crippen molar-refractivity contribution in [1.29, 1.82) is 0 Å². The Hall–Kier alpha value is -1.71. The monoisotopic (exact) mass is 221 g/mol. The summed E-state index contributed by atoms with van der Waals surface area (Å²) in [4.78, 5) is 11.7. The average Bonchev–Trinajstić information content (AvgIpc) is 2.49. The number of hydrogen-bond acceptors (Lipinski definition) is 3. The van der Waals surface area contributed by atoms with Gasteiger partial charge in [-0.3, -0.25) is 4.79 Å². The molecule has 1 aromatic rings. The molecule has 1 N–H and O–H groups in total. The van der Waals surface area contributed by atoms with E-state index in [4.69, 9.17) is 9.47 Å². The van der Waals surface area contributed by atoms with E-state index < -0.39 is 0 Å². The molecule has 0 unspecified atom stereocenters. The Labute approximate surface area is 94.6 Å². The van der Waals surface area contributed by atoms with Crippen molar-refractivity contribution < 1.29 is 14.3 Å². The fraction of sp³-hybridized carbons (Fsp3) is 0.417. The third-order valence-electron chi connectivity index (χ3n) is 2.32. The SMILES string of the molecule is CCCOc1cccc2c1OCCNC2=O. The van der Waals surface area contributed by atoms with E-state index in [-0.39, 0.29) is 5.91 Å². The van der Waals surface area contributed by atoms with Crippen molar-refractivity contribution in [3.8, 4) is 11.5 Å². The molecular weight excluding hydrogens is 206 g/mol. The zero-order valence-electron chi connectivity index (χ0n) is 9.29. The fourth-order valence-corrected chi connectivity index (χ4v) is 1.58. The molecule has 1 amide bonds. The third-order valence-corrected chi connectivity index (χ3v) is 2.32. The molecule has 0 fully saturated rings. The Bertz CT molecular complexity index is 390. The van der Waals surface area contributed by atoms with Gasteiger partial charge in [0.1, 0.15) is 6.61 Å². The first-order valence-corrected chi connectivity index (χ1v) is 5.49. The molecule has 0 aromatic heterocycles. The molecule has 1 aromatic carbocycles. The Morgan fingerprint density at radius 1 is 1.50 bits per heavy atom. The Morgan fingerprint density at radius 2 is 2.38 bits per heavy atom. The van der Waals surface area contributed by atoms with Gasteiger partial charge in [0.25, 0.3) is 5.91 Å². The Kier molecular flexibility index (Phi) is 3.29. The lowest BCUT2D eigenvalue weighted by Gasteiger charge is -2.12. The maximum Gasteiger partial charge on any atom is 0.255 e. The van der Waals surface area contributed by atoms with Crippen LogP contribution in [0.5, 0.6) is 11.5 Å². The zero-order chi connectivity index (χ0) is 11.4. The lowest BCUT2D eigenvalue weighted by Crippen LogP contribution is -2.24. The van der Waals surface area contributed by atoms with Crippen LogP contribution < -0.4 is 14.8 Å². The third kappa shape index (κ3) is 2.10. The van der Waals surface area contributed by atoms with E-state index in [9.17, 15) is 4.79 Å². The smallest absolute Gasteiger partial charge is 0.255 e. The average molecular weight is 221 g/mol. The van der Waals surface area contributed by atoms with Crippen LogP contribution in [0.25, 0.3) is 0 Å². The minimum absolute atomic E-state index is 0.102. The van der Waals surface area contributed by atoms with Crippen molar-refractivity contribution >= 4 is 5.91 Å². The summed E-state index contributed by atoms with van der Waals surface area (Å²) in [6.45, 7) is 3.67. The van der Waals surface area contributed by atoms with Crippen LogP contribution in [0.15, 0.2) is 18.2 Å². The molecule has 4 heteroatoms. The van der Waals surface area contributed by atoms with Gasteiger partial charge in [0.15, 0.2) is 11.5 Å². The number of rotatable bonds is 3. The molecule has 0 radical (unpaired) electrons. The number of hydrogen-bond donors (Lipinski definition) is 1. The molecule has 1 aliphatic heterocycles. The molecule has 0 saturated carbocycles. The first-order chi connectivity index (χ1) is 7.83. The molecule has 4 nitrogen and oxygen atoms in total. The van der Waals surface area contributed by atoms with Crippen molar-refractivity contribution in [3.63, 3.8) is 0 Å². The molecule has 1 heterocycles. The van der Waals surface area contributed by atoms with Gasteiger partial charge in [0, 0.05) is 0 Å². The molecule has 2 rings (SSSR count). The molecule has 16 heavy (non-hydrogen) atoms. The number of amides is 1. The van der Waals surface area contributed by atoms with Crippen molar-refractivity contribution in [1.82, 2.24) is 5.32 Å². The molecular formula is C12H15NO3. The fourth-order valence-electron chi connectivity index (χ4n) is 1.58. The lowest BCUT2D eigenvalue weighted by atomic mass is 10.1. The summed E-state index contributed by atoms with van der Waals surface area (Å²) in [5, 5.41) is 2.76. The summed E-state index contributed by atoms with van der Waals surface area (Å²) in [5.41, 5.74) is 0.547. The van der Waals surface area contributed by atoms with Gasteiger partial charge >= 0.3 is 0 Å². The van der Waals surface area contributed by atoms with E-state index in [0.717, 1.165) is 6.42 Å². The van der Waals surface area contributed by atoms with Crippen LogP contribution in [0, 0.1) is 0 Å². The predicted molar refractivity (Wildman–Crippen MR) is 60.1 cm³/mol. The van der Waals surface area contributed by atoms with Crippen LogP contribution in [0.1, 0.15) is 23.7 Å². The number of ether oxygens (including phenoxy) is 2. The quantitative estimate of drug-likeness (QED) is 0.843. The van der Waals surface area contributed by atoms with Gasteiger partial charge in [-0.25, -0.2) is 0 Å². The molecule has 0 aliphatic carbocycles. The second-order valence-electron chi connectivity index (χ2n) is 3.59. The summed E-state index contributed by atoms with van der Waals surface area (Å²) in [6, 6.07) is 5.37. The highest BCUT2D eigenvalue weighted by atomic mass is 16.5. The standard InChI is InChI=1S/C12H15NO3/c1-2-7-15-10-5-3-4-9-11(10)16-8-6-13-12(9)14/h3-5H,2,6-8H2,1H3,(H,13,14). The van der Waals surface area contributed by atoms with Gasteiger partial charge in [0.05, 0.1) is 18.7 Å². The van der Waals surface area contributed by atoms with E-state index >= 15 is 0 Å². The summed E-state index contributed by atoms with van der Waals surface area (Å²) in [5.74, 6) is 1.11. The van der Waals surface area contributed by atoms with E-state index in [1.807, 2.05) is 13.0 Å². The highest BCUT2D eigenvalue weighted by molar-refractivity contribution is 5.98. The van der Waals surface area contributed by atoms with E-state index in [1.54, 1.807) is 12.1 Å². The second kappa shape index (κ2) is 4.88. The first kappa shape index (κ1) is 10.8. The van der Waals surface area contributed by atoms with Crippen molar-refractivity contribution in [2.75, 3.05) is 19.8 Å². The van der Waals surface area contributed by atoms with Crippen LogP contribution >= 0.6 is 0 Å². The summed E-state index contributed by atoms with van der Waals surface area (Å²) < 4.78 is 11.1. The molecule has 86 valence electrons.